The van der Waals surface area contributed by atoms with Crippen molar-refractivity contribution < 1.29 is 14.4 Å². The van der Waals surface area contributed by atoms with Crippen molar-refractivity contribution in [3.8, 4) is 0 Å². The van der Waals surface area contributed by atoms with Crippen LogP contribution in [0.4, 0.5) is 5.69 Å². The van der Waals surface area contributed by atoms with Crippen LogP contribution in [0.5, 0.6) is 0 Å². The van der Waals surface area contributed by atoms with Crippen molar-refractivity contribution in [2.75, 3.05) is 31.4 Å². The Kier molecular flexibility index (Phi) is 3.27. The molecule has 0 aliphatic carbocycles. The third-order valence-electron chi connectivity index (χ3n) is 3.17. The molecule has 2 saturated heterocycles. The van der Waals surface area contributed by atoms with Gasteiger partial charge in [-0.05, 0) is 17.7 Å². The highest BCUT2D eigenvalue weighted by Crippen LogP contribution is 2.26. The van der Waals surface area contributed by atoms with E-state index in [9.17, 15) is 4.79 Å². The molecule has 0 spiro atoms. The Morgan fingerprint density at radius 1 is 1.33 bits per heavy atom. The SMILES string of the molecule is O=C1CCON1c1cccc(C2CNCCO2)c1. The summed E-state index contributed by atoms with van der Waals surface area (Å²) in [5.41, 5.74) is 1.85. The molecule has 3 rings (SSSR count). The number of morpholine rings is 1. The molecule has 1 atom stereocenters. The van der Waals surface area contributed by atoms with Gasteiger partial charge in [-0.1, -0.05) is 12.1 Å². The molecule has 2 fully saturated rings. The van der Waals surface area contributed by atoms with E-state index < -0.39 is 0 Å². The van der Waals surface area contributed by atoms with Gasteiger partial charge < -0.3 is 10.1 Å². The Balaban J connectivity index is 1.82. The average molecular weight is 248 g/mol. The molecule has 0 aromatic heterocycles. The van der Waals surface area contributed by atoms with Crippen molar-refractivity contribution >= 4 is 11.6 Å². The minimum absolute atomic E-state index is 0.00911. The average Bonchev–Trinajstić information content (AvgIpc) is 2.86. The van der Waals surface area contributed by atoms with Crippen LogP contribution >= 0.6 is 0 Å². The molecular weight excluding hydrogens is 232 g/mol. The standard InChI is InChI=1S/C13H16N2O3/c16-13-4-6-18-15(13)11-3-1-2-10(8-11)12-9-14-5-7-17-12/h1-3,8,12,14H,4-7,9H2. The molecule has 1 amide bonds. The van der Waals surface area contributed by atoms with Gasteiger partial charge in [0.25, 0.3) is 5.91 Å². The van der Waals surface area contributed by atoms with Crippen molar-refractivity contribution in [3.05, 3.63) is 29.8 Å². The molecule has 2 aliphatic rings. The van der Waals surface area contributed by atoms with Gasteiger partial charge in [-0.15, -0.1) is 0 Å². The highest BCUT2D eigenvalue weighted by molar-refractivity contribution is 5.92. The lowest BCUT2D eigenvalue weighted by atomic mass is 10.1. The molecule has 0 saturated carbocycles. The summed E-state index contributed by atoms with van der Waals surface area (Å²) in [6.45, 7) is 2.88. The maximum atomic E-state index is 11.6. The van der Waals surface area contributed by atoms with E-state index in [1.54, 1.807) is 0 Å². The van der Waals surface area contributed by atoms with Crippen LogP contribution in [0.15, 0.2) is 24.3 Å². The van der Waals surface area contributed by atoms with Crippen LogP contribution in [-0.2, 0) is 14.4 Å². The first kappa shape index (κ1) is 11.6. The zero-order valence-electron chi connectivity index (χ0n) is 10.1. The predicted octanol–water partition coefficient (Wildman–Crippen LogP) is 1.02. The summed E-state index contributed by atoms with van der Waals surface area (Å²) in [5, 5.41) is 4.67. The lowest BCUT2D eigenvalue weighted by Gasteiger charge is -2.25. The maximum absolute atomic E-state index is 11.6. The van der Waals surface area contributed by atoms with E-state index in [-0.39, 0.29) is 12.0 Å². The van der Waals surface area contributed by atoms with Crippen molar-refractivity contribution in [3.63, 3.8) is 0 Å². The third kappa shape index (κ3) is 2.25. The molecule has 1 N–H and O–H groups in total. The van der Waals surface area contributed by atoms with Crippen LogP contribution in [-0.4, -0.2) is 32.2 Å². The molecular formula is C13H16N2O3. The minimum Gasteiger partial charge on any atom is -0.371 e. The number of benzene rings is 1. The van der Waals surface area contributed by atoms with Gasteiger partial charge in [-0.3, -0.25) is 9.63 Å². The first-order valence-electron chi connectivity index (χ1n) is 6.23. The van der Waals surface area contributed by atoms with Crippen molar-refractivity contribution in [1.29, 1.82) is 0 Å². The first-order chi connectivity index (χ1) is 8.84. The summed E-state index contributed by atoms with van der Waals surface area (Å²) >= 11 is 0. The molecule has 96 valence electrons. The third-order valence-corrected chi connectivity index (χ3v) is 3.17. The second-order valence-electron chi connectivity index (χ2n) is 4.43. The zero-order chi connectivity index (χ0) is 12.4. The van der Waals surface area contributed by atoms with Crippen molar-refractivity contribution in [2.24, 2.45) is 0 Å². The van der Waals surface area contributed by atoms with Gasteiger partial charge in [0.05, 0.1) is 31.4 Å². The number of rotatable bonds is 2. The molecule has 1 aromatic rings. The number of ether oxygens (including phenoxy) is 1. The molecule has 2 aliphatic heterocycles. The molecule has 0 bridgehead atoms. The maximum Gasteiger partial charge on any atom is 0.253 e. The Morgan fingerprint density at radius 2 is 2.28 bits per heavy atom. The van der Waals surface area contributed by atoms with E-state index in [0.717, 1.165) is 24.3 Å². The Labute approximate surface area is 106 Å². The van der Waals surface area contributed by atoms with E-state index in [1.807, 2.05) is 24.3 Å². The molecule has 1 unspecified atom stereocenters. The molecule has 1 aromatic carbocycles. The number of amides is 1. The molecule has 5 nitrogen and oxygen atoms in total. The first-order valence-corrected chi connectivity index (χ1v) is 6.23. The minimum atomic E-state index is 0.00911. The van der Waals surface area contributed by atoms with Gasteiger partial charge >= 0.3 is 0 Å². The monoisotopic (exact) mass is 248 g/mol. The molecule has 5 heteroatoms. The zero-order valence-corrected chi connectivity index (χ0v) is 10.1. The predicted molar refractivity (Wildman–Crippen MR) is 66.1 cm³/mol. The number of hydroxylamine groups is 1. The van der Waals surface area contributed by atoms with Gasteiger partial charge in [0, 0.05) is 13.1 Å². The van der Waals surface area contributed by atoms with Gasteiger partial charge in [0.2, 0.25) is 0 Å². The lowest BCUT2D eigenvalue weighted by molar-refractivity contribution is -0.119. The molecule has 2 heterocycles. The van der Waals surface area contributed by atoms with Crippen molar-refractivity contribution in [1.82, 2.24) is 5.32 Å². The summed E-state index contributed by atoms with van der Waals surface area (Å²) in [5.74, 6) is 0.00911. The summed E-state index contributed by atoms with van der Waals surface area (Å²) in [4.78, 5) is 16.9. The normalized spacial score (nSPS) is 24.6. The number of carbonyl (C=O) groups excluding carboxylic acids is 1. The van der Waals surface area contributed by atoms with Crippen LogP contribution in [0.25, 0.3) is 0 Å². The second kappa shape index (κ2) is 5.06. The molecule has 18 heavy (non-hydrogen) atoms. The van der Waals surface area contributed by atoms with Crippen LogP contribution in [0.3, 0.4) is 0 Å². The number of nitrogens with zero attached hydrogens (tertiary/aromatic N) is 1. The van der Waals surface area contributed by atoms with E-state index in [1.165, 1.54) is 5.06 Å². The van der Waals surface area contributed by atoms with Gasteiger partial charge in [-0.25, -0.2) is 0 Å². The lowest BCUT2D eigenvalue weighted by Crippen LogP contribution is -2.33. The fourth-order valence-corrected chi connectivity index (χ4v) is 2.25. The summed E-state index contributed by atoms with van der Waals surface area (Å²) in [7, 11) is 0. The highest BCUT2D eigenvalue weighted by Gasteiger charge is 2.24. The number of carbonyl (C=O) groups is 1. The van der Waals surface area contributed by atoms with Gasteiger partial charge in [0.15, 0.2) is 0 Å². The van der Waals surface area contributed by atoms with Gasteiger partial charge in [-0.2, -0.15) is 5.06 Å². The fraction of sp³-hybridized carbons (Fsp3) is 0.462. The van der Waals surface area contributed by atoms with E-state index in [2.05, 4.69) is 5.32 Å². The molecule has 0 radical (unpaired) electrons. The number of nitrogens with one attached hydrogen (secondary N) is 1. The summed E-state index contributed by atoms with van der Waals surface area (Å²) in [6, 6.07) is 7.78. The number of anilines is 1. The van der Waals surface area contributed by atoms with E-state index in [4.69, 9.17) is 9.57 Å². The van der Waals surface area contributed by atoms with Crippen LogP contribution in [0.1, 0.15) is 18.1 Å². The number of hydrogen-bond acceptors (Lipinski definition) is 4. The quantitative estimate of drug-likeness (QED) is 0.849. The van der Waals surface area contributed by atoms with Crippen LogP contribution in [0, 0.1) is 0 Å². The largest absolute Gasteiger partial charge is 0.371 e. The smallest absolute Gasteiger partial charge is 0.253 e. The van der Waals surface area contributed by atoms with E-state index >= 15 is 0 Å². The summed E-state index contributed by atoms with van der Waals surface area (Å²) in [6.07, 6.45) is 0.502. The second-order valence-corrected chi connectivity index (χ2v) is 4.43. The van der Waals surface area contributed by atoms with Crippen molar-refractivity contribution in [2.45, 2.75) is 12.5 Å². The Morgan fingerprint density at radius 3 is 3.00 bits per heavy atom. The Hall–Kier alpha value is -1.43. The van der Waals surface area contributed by atoms with Crippen LogP contribution < -0.4 is 10.4 Å². The topological polar surface area (TPSA) is 50.8 Å². The fourth-order valence-electron chi connectivity index (χ4n) is 2.25. The van der Waals surface area contributed by atoms with Crippen LogP contribution in [0.2, 0.25) is 0 Å². The van der Waals surface area contributed by atoms with E-state index in [0.29, 0.717) is 19.6 Å². The highest BCUT2D eigenvalue weighted by atomic mass is 16.7. The Bertz CT molecular complexity index is 444. The summed E-state index contributed by atoms with van der Waals surface area (Å²) < 4.78 is 5.70. The van der Waals surface area contributed by atoms with Gasteiger partial charge in [0.1, 0.15) is 0 Å². The number of hydrogen-bond donors (Lipinski definition) is 1.